The van der Waals surface area contributed by atoms with E-state index < -0.39 is 0 Å². The van der Waals surface area contributed by atoms with Crippen LogP contribution in [0.5, 0.6) is 0 Å². The number of likely N-dealkylation sites (tertiary alicyclic amines) is 1. The van der Waals surface area contributed by atoms with E-state index in [9.17, 15) is 0 Å². The number of nitrogens with one attached hydrogen (secondary N) is 1. The lowest BCUT2D eigenvalue weighted by Gasteiger charge is -2.32. The molecule has 1 saturated carbocycles. The molecule has 0 bridgehead atoms. The van der Waals surface area contributed by atoms with E-state index in [-0.39, 0.29) is 0 Å². The second-order valence-corrected chi connectivity index (χ2v) is 5.76. The van der Waals surface area contributed by atoms with Crippen LogP contribution in [0.2, 0.25) is 0 Å². The van der Waals surface area contributed by atoms with Crippen molar-refractivity contribution >= 4 is 0 Å². The second-order valence-electron chi connectivity index (χ2n) is 5.76. The Hall–Kier alpha value is -0.870. The molecule has 1 aliphatic heterocycles. The van der Waals surface area contributed by atoms with Crippen molar-refractivity contribution in [3.63, 3.8) is 0 Å². The first-order valence-corrected chi connectivity index (χ1v) is 7.12. The third kappa shape index (κ3) is 2.93. The highest BCUT2D eigenvalue weighted by molar-refractivity contribution is 5.05. The Bertz CT molecular complexity index is 392. The van der Waals surface area contributed by atoms with E-state index in [0.29, 0.717) is 6.04 Å². The average molecular weight is 249 g/mol. The molecule has 1 saturated heterocycles. The summed E-state index contributed by atoms with van der Waals surface area (Å²) >= 11 is 0. The van der Waals surface area contributed by atoms with Crippen molar-refractivity contribution < 1.29 is 4.42 Å². The maximum atomic E-state index is 5.67. The van der Waals surface area contributed by atoms with Gasteiger partial charge in [-0.3, -0.25) is 4.90 Å². The summed E-state index contributed by atoms with van der Waals surface area (Å²) in [6.45, 7) is 7.16. The van der Waals surface area contributed by atoms with Crippen LogP contribution in [-0.4, -0.2) is 35.1 Å². The van der Waals surface area contributed by atoms with E-state index in [4.69, 9.17) is 4.42 Å². The smallest absolute Gasteiger partial charge is 0.208 e. The Kier molecular flexibility index (Phi) is 3.39. The summed E-state index contributed by atoms with van der Waals surface area (Å²) in [6, 6.07) is 1.48. The number of aromatic nitrogens is 1. The summed E-state index contributed by atoms with van der Waals surface area (Å²) in [5.41, 5.74) is 1.02. The molecule has 1 unspecified atom stereocenters. The molecule has 0 spiro atoms. The highest BCUT2D eigenvalue weighted by Crippen LogP contribution is 2.22. The Morgan fingerprint density at radius 3 is 2.78 bits per heavy atom. The van der Waals surface area contributed by atoms with Crippen LogP contribution < -0.4 is 5.32 Å². The Labute approximate surface area is 109 Å². The molecule has 0 amide bonds. The molecule has 0 radical (unpaired) electrons. The number of rotatable bonds is 4. The number of hydrogen-bond donors (Lipinski definition) is 1. The first kappa shape index (κ1) is 12.2. The van der Waals surface area contributed by atoms with Crippen LogP contribution in [-0.2, 0) is 6.54 Å². The molecule has 1 aromatic heterocycles. The Balaban J connectivity index is 1.54. The van der Waals surface area contributed by atoms with Crippen LogP contribution in [0, 0.1) is 13.8 Å². The highest BCUT2D eigenvalue weighted by atomic mass is 16.4. The molecule has 2 heterocycles. The summed E-state index contributed by atoms with van der Waals surface area (Å²) in [7, 11) is 0. The van der Waals surface area contributed by atoms with E-state index in [1.165, 1.54) is 32.2 Å². The lowest BCUT2D eigenvalue weighted by Crippen LogP contribution is -2.46. The van der Waals surface area contributed by atoms with Crippen molar-refractivity contribution in [2.75, 3.05) is 13.1 Å². The third-order valence-corrected chi connectivity index (χ3v) is 3.99. The van der Waals surface area contributed by atoms with E-state index >= 15 is 0 Å². The fourth-order valence-electron chi connectivity index (χ4n) is 2.72. The van der Waals surface area contributed by atoms with Crippen LogP contribution in [0.1, 0.15) is 43.0 Å². The lowest BCUT2D eigenvalue weighted by atomic mass is 10.1. The maximum Gasteiger partial charge on any atom is 0.208 e. The molecule has 2 fully saturated rings. The van der Waals surface area contributed by atoms with Gasteiger partial charge in [0.25, 0.3) is 0 Å². The largest absolute Gasteiger partial charge is 0.444 e. The summed E-state index contributed by atoms with van der Waals surface area (Å²) in [5.74, 6) is 1.83. The number of hydrogen-bond acceptors (Lipinski definition) is 4. The van der Waals surface area contributed by atoms with Gasteiger partial charge in [-0.2, -0.15) is 0 Å². The van der Waals surface area contributed by atoms with Crippen molar-refractivity contribution in [2.24, 2.45) is 0 Å². The van der Waals surface area contributed by atoms with Crippen molar-refractivity contribution in [3.05, 3.63) is 17.3 Å². The molecule has 0 aromatic carbocycles. The zero-order valence-corrected chi connectivity index (χ0v) is 11.4. The lowest BCUT2D eigenvalue weighted by molar-refractivity contribution is 0.168. The standard InChI is InChI=1S/C14H23N3O/c1-10-11(2)18-14(15-10)9-17-7-3-4-13(8-17)16-12-5-6-12/h12-13,16H,3-9H2,1-2H3. The predicted molar refractivity (Wildman–Crippen MR) is 70.4 cm³/mol. The molecule has 1 aliphatic carbocycles. The van der Waals surface area contributed by atoms with Gasteiger partial charge in [0.15, 0.2) is 0 Å². The van der Waals surface area contributed by atoms with Crippen molar-refractivity contribution in [3.8, 4) is 0 Å². The third-order valence-electron chi connectivity index (χ3n) is 3.99. The van der Waals surface area contributed by atoms with Crippen LogP contribution in [0.4, 0.5) is 0 Å². The zero-order chi connectivity index (χ0) is 12.5. The van der Waals surface area contributed by atoms with E-state index in [1.54, 1.807) is 0 Å². The molecular formula is C14H23N3O. The van der Waals surface area contributed by atoms with Gasteiger partial charge in [-0.1, -0.05) is 0 Å². The average Bonchev–Trinajstić information content (AvgIpc) is 3.07. The molecular weight excluding hydrogens is 226 g/mol. The fourth-order valence-corrected chi connectivity index (χ4v) is 2.72. The Morgan fingerprint density at radius 2 is 2.11 bits per heavy atom. The van der Waals surface area contributed by atoms with Crippen LogP contribution >= 0.6 is 0 Å². The van der Waals surface area contributed by atoms with Crippen LogP contribution in [0.15, 0.2) is 4.42 Å². The highest BCUT2D eigenvalue weighted by Gasteiger charge is 2.28. The molecule has 100 valence electrons. The molecule has 1 atom stereocenters. The van der Waals surface area contributed by atoms with Gasteiger partial charge >= 0.3 is 0 Å². The van der Waals surface area contributed by atoms with Crippen molar-refractivity contribution in [2.45, 2.75) is 58.2 Å². The minimum Gasteiger partial charge on any atom is -0.444 e. The minimum atomic E-state index is 0.670. The normalized spacial score (nSPS) is 25.6. The fraction of sp³-hybridized carbons (Fsp3) is 0.786. The topological polar surface area (TPSA) is 41.3 Å². The molecule has 1 N–H and O–H groups in total. The van der Waals surface area contributed by atoms with E-state index in [0.717, 1.165) is 36.5 Å². The first-order valence-electron chi connectivity index (χ1n) is 7.12. The maximum absolute atomic E-state index is 5.67. The predicted octanol–water partition coefficient (Wildman–Crippen LogP) is 2.01. The molecule has 1 aromatic rings. The molecule has 3 rings (SSSR count). The van der Waals surface area contributed by atoms with Crippen molar-refractivity contribution in [1.29, 1.82) is 0 Å². The quantitative estimate of drug-likeness (QED) is 0.886. The summed E-state index contributed by atoms with van der Waals surface area (Å²) in [4.78, 5) is 6.94. The van der Waals surface area contributed by atoms with E-state index in [2.05, 4.69) is 15.2 Å². The zero-order valence-electron chi connectivity index (χ0n) is 11.4. The summed E-state index contributed by atoms with van der Waals surface area (Å²) in [5, 5.41) is 3.73. The van der Waals surface area contributed by atoms with Gasteiger partial charge in [-0.25, -0.2) is 4.98 Å². The van der Waals surface area contributed by atoms with Gasteiger partial charge in [0.2, 0.25) is 5.89 Å². The van der Waals surface area contributed by atoms with Crippen molar-refractivity contribution in [1.82, 2.24) is 15.2 Å². The summed E-state index contributed by atoms with van der Waals surface area (Å²) < 4.78 is 5.67. The Morgan fingerprint density at radius 1 is 1.28 bits per heavy atom. The van der Waals surface area contributed by atoms with Gasteiger partial charge in [0.1, 0.15) is 5.76 Å². The van der Waals surface area contributed by atoms with Gasteiger partial charge in [-0.05, 0) is 46.1 Å². The second kappa shape index (κ2) is 5.02. The van der Waals surface area contributed by atoms with Crippen LogP contribution in [0.3, 0.4) is 0 Å². The van der Waals surface area contributed by atoms with Gasteiger partial charge in [-0.15, -0.1) is 0 Å². The number of oxazole rings is 1. The minimum absolute atomic E-state index is 0.670. The SMILES string of the molecule is Cc1nc(CN2CCCC(NC3CC3)C2)oc1C. The molecule has 18 heavy (non-hydrogen) atoms. The number of aryl methyl sites for hydroxylation is 2. The molecule has 2 aliphatic rings. The molecule has 4 nitrogen and oxygen atoms in total. The monoisotopic (exact) mass is 249 g/mol. The van der Waals surface area contributed by atoms with Gasteiger partial charge < -0.3 is 9.73 Å². The number of piperidine rings is 1. The number of nitrogens with zero attached hydrogens (tertiary/aromatic N) is 2. The van der Waals surface area contributed by atoms with E-state index in [1.807, 2.05) is 13.8 Å². The van der Waals surface area contributed by atoms with Gasteiger partial charge in [0.05, 0.1) is 12.2 Å². The summed E-state index contributed by atoms with van der Waals surface area (Å²) in [6.07, 6.45) is 5.34. The van der Waals surface area contributed by atoms with Gasteiger partial charge in [0, 0.05) is 18.6 Å². The molecule has 4 heteroatoms. The first-order chi connectivity index (χ1) is 8.70. The van der Waals surface area contributed by atoms with Crippen LogP contribution in [0.25, 0.3) is 0 Å².